The number of likely N-dealkylation sites (N-methyl/N-ethyl adjacent to an activating group) is 1. The van der Waals surface area contributed by atoms with Crippen LogP contribution < -0.4 is 0 Å². The van der Waals surface area contributed by atoms with E-state index in [0.29, 0.717) is 5.02 Å². The highest BCUT2D eigenvalue weighted by molar-refractivity contribution is 6.33. The predicted octanol–water partition coefficient (Wildman–Crippen LogP) is 1.79. The number of rotatable bonds is 3. The fourth-order valence-electron chi connectivity index (χ4n) is 2.09. The quantitative estimate of drug-likeness (QED) is 0.908. The van der Waals surface area contributed by atoms with Gasteiger partial charge in [-0.2, -0.15) is 0 Å². The zero-order valence-electron chi connectivity index (χ0n) is 10.4. The van der Waals surface area contributed by atoms with E-state index < -0.39 is 5.97 Å². The molecular weight excluding hydrogens is 252 g/mol. The van der Waals surface area contributed by atoms with Gasteiger partial charge in [-0.3, -0.25) is 4.90 Å². The van der Waals surface area contributed by atoms with Crippen LogP contribution in [0.3, 0.4) is 0 Å². The van der Waals surface area contributed by atoms with E-state index in [4.69, 9.17) is 16.7 Å². The summed E-state index contributed by atoms with van der Waals surface area (Å²) in [6, 6.07) is 5.17. The fraction of sp³-hybridized carbons (Fsp3) is 0.462. The zero-order valence-corrected chi connectivity index (χ0v) is 11.2. The minimum absolute atomic E-state index is 0.166. The van der Waals surface area contributed by atoms with Crippen molar-refractivity contribution in [2.75, 3.05) is 33.2 Å². The topological polar surface area (TPSA) is 43.8 Å². The van der Waals surface area contributed by atoms with Gasteiger partial charge in [-0.1, -0.05) is 17.7 Å². The second-order valence-electron chi connectivity index (χ2n) is 4.70. The molecular formula is C13H17ClN2O2. The number of hydrogen-bond acceptors (Lipinski definition) is 3. The molecule has 0 saturated carbocycles. The summed E-state index contributed by atoms with van der Waals surface area (Å²) in [5, 5.41) is 9.22. The molecule has 2 rings (SSSR count). The highest BCUT2D eigenvalue weighted by Crippen LogP contribution is 2.19. The number of piperazine rings is 1. The lowest BCUT2D eigenvalue weighted by Gasteiger charge is -2.32. The normalized spacial score (nSPS) is 17.9. The number of aromatic carboxylic acids is 1. The van der Waals surface area contributed by atoms with E-state index in [1.807, 2.05) is 6.07 Å². The van der Waals surface area contributed by atoms with Gasteiger partial charge in [0.2, 0.25) is 0 Å². The first-order valence-electron chi connectivity index (χ1n) is 5.99. The number of carboxylic acid groups (broad SMARTS) is 1. The maximum absolute atomic E-state index is 10.9. The Balaban J connectivity index is 2.02. The third-order valence-electron chi connectivity index (χ3n) is 3.27. The van der Waals surface area contributed by atoms with E-state index in [-0.39, 0.29) is 5.56 Å². The van der Waals surface area contributed by atoms with E-state index in [2.05, 4.69) is 16.8 Å². The number of carbonyl (C=O) groups is 1. The van der Waals surface area contributed by atoms with Crippen LogP contribution in [0.25, 0.3) is 0 Å². The van der Waals surface area contributed by atoms with E-state index >= 15 is 0 Å². The molecule has 1 saturated heterocycles. The van der Waals surface area contributed by atoms with Crippen LogP contribution in [0.2, 0.25) is 5.02 Å². The molecule has 0 radical (unpaired) electrons. The standard InChI is InChI=1S/C13H17ClN2O2/c1-15-4-6-16(7-5-15)9-10-2-3-11(13(17)18)12(14)8-10/h2-3,8H,4-7,9H2,1H3,(H,17,18). The van der Waals surface area contributed by atoms with Crippen molar-refractivity contribution in [1.82, 2.24) is 9.80 Å². The van der Waals surface area contributed by atoms with Crippen molar-refractivity contribution in [1.29, 1.82) is 0 Å². The zero-order chi connectivity index (χ0) is 13.1. The van der Waals surface area contributed by atoms with Gasteiger partial charge >= 0.3 is 5.97 Å². The van der Waals surface area contributed by atoms with Crippen LogP contribution in [0.1, 0.15) is 15.9 Å². The van der Waals surface area contributed by atoms with Crippen molar-refractivity contribution in [3.8, 4) is 0 Å². The maximum atomic E-state index is 10.9. The van der Waals surface area contributed by atoms with E-state index in [0.717, 1.165) is 38.3 Å². The summed E-state index contributed by atoms with van der Waals surface area (Å²) < 4.78 is 0. The summed E-state index contributed by atoms with van der Waals surface area (Å²) in [5.41, 5.74) is 1.23. The number of carboxylic acids is 1. The summed E-state index contributed by atoms with van der Waals surface area (Å²) in [6.45, 7) is 5.04. The molecule has 1 heterocycles. The molecule has 1 N–H and O–H groups in total. The van der Waals surface area contributed by atoms with E-state index in [1.54, 1.807) is 12.1 Å². The molecule has 0 unspecified atom stereocenters. The molecule has 1 fully saturated rings. The van der Waals surface area contributed by atoms with Crippen molar-refractivity contribution in [3.63, 3.8) is 0 Å². The SMILES string of the molecule is CN1CCN(Cc2ccc(C(=O)O)c(Cl)c2)CC1. The second kappa shape index (κ2) is 5.69. The first kappa shape index (κ1) is 13.3. The van der Waals surface area contributed by atoms with Crippen molar-refractivity contribution in [3.05, 3.63) is 34.3 Å². The Morgan fingerprint density at radius 2 is 2.00 bits per heavy atom. The van der Waals surface area contributed by atoms with Crippen LogP contribution in [-0.4, -0.2) is 54.1 Å². The van der Waals surface area contributed by atoms with Crippen LogP contribution in [0.15, 0.2) is 18.2 Å². The summed E-state index contributed by atoms with van der Waals surface area (Å²) >= 11 is 5.96. The minimum Gasteiger partial charge on any atom is -0.478 e. The Hall–Kier alpha value is -1.10. The van der Waals surface area contributed by atoms with Gasteiger partial charge < -0.3 is 10.0 Å². The lowest BCUT2D eigenvalue weighted by atomic mass is 10.1. The van der Waals surface area contributed by atoms with Crippen LogP contribution in [0.5, 0.6) is 0 Å². The van der Waals surface area contributed by atoms with Gasteiger partial charge in [-0.15, -0.1) is 0 Å². The maximum Gasteiger partial charge on any atom is 0.337 e. The number of halogens is 1. The summed E-state index contributed by atoms with van der Waals surface area (Å²) in [6.07, 6.45) is 0. The Labute approximate surface area is 112 Å². The number of benzene rings is 1. The van der Waals surface area contributed by atoms with Crippen LogP contribution >= 0.6 is 11.6 Å². The predicted molar refractivity (Wildman–Crippen MR) is 71.2 cm³/mol. The highest BCUT2D eigenvalue weighted by Gasteiger charge is 2.15. The minimum atomic E-state index is -0.980. The number of nitrogens with zero attached hydrogens (tertiary/aromatic N) is 2. The van der Waals surface area contributed by atoms with Crippen LogP contribution in [0.4, 0.5) is 0 Å². The van der Waals surface area contributed by atoms with Crippen molar-refractivity contribution in [2.45, 2.75) is 6.54 Å². The van der Waals surface area contributed by atoms with E-state index in [1.165, 1.54) is 0 Å². The Morgan fingerprint density at radius 1 is 1.33 bits per heavy atom. The van der Waals surface area contributed by atoms with Crippen molar-refractivity contribution < 1.29 is 9.90 Å². The van der Waals surface area contributed by atoms with Gasteiger partial charge in [-0.25, -0.2) is 4.79 Å². The van der Waals surface area contributed by atoms with Gasteiger partial charge in [-0.05, 0) is 24.7 Å². The third-order valence-corrected chi connectivity index (χ3v) is 3.58. The first-order chi connectivity index (χ1) is 8.56. The Kier molecular flexibility index (Phi) is 4.22. The summed E-state index contributed by atoms with van der Waals surface area (Å²) in [4.78, 5) is 15.5. The Morgan fingerprint density at radius 3 is 2.56 bits per heavy atom. The van der Waals surface area contributed by atoms with Gasteiger partial charge in [0.1, 0.15) is 0 Å². The molecule has 1 aromatic carbocycles. The molecule has 98 valence electrons. The first-order valence-corrected chi connectivity index (χ1v) is 6.36. The molecule has 0 amide bonds. The molecule has 0 aliphatic carbocycles. The Bertz CT molecular complexity index is 443. The molecule has 1 aliphatic heterocycles. The second-order valence-corrected chi connectivity index (χ2v) is 5.11. The van der Waals surface area contributed by atoms with Gasteiger partial charge in [0, 0.05) is 32.7 Å². The van der Waals surface area contributed by atoms with Crippen molar-refractivity contribution in [2.24, 2.45) is 0 Å². The summed E-state index contributed by atoms with van der Waals surface area (Å²) in [7, 11) is 2.12. The monoisotopic (exact) mass is 268 g/mol. The molecule has 1 aromatic rings. The van der Waals surface area contributed by atoms with Gasteiger partial charge in [0.25, 0.3) is 0 Å². The lowest BCUT2D eigenvalue weighted by molar-refractivity contribution is 0.0697. The molecule has 0 atom stereocenters. The molecule has 5 heteroatoms. The van der Waals surface area contributed by atoms with E-state index in [9.17, 15) is 4.79 Å². The fourth-order valence-corrected chi connectivity index (χ4v) is 2.38. The summed E-state index contributed by atoms with van der Waals surface area (Å²) in [5.74, 6) is -0.980. The largest absolute Gasteiger partial charge is 0.478 e. The molecule has 18 heavy (non-hydrogen) atoms. The van der Waals surface area contributed by atoms with Crippen LogP contribution in [-0.2, 0) is 6.54 Å². The average molecular weight is 269 g/mol. The third kappa shape index (κ3) is 3.22. The molecule has 0 spiro atoms. The van der Waals surface area contributed by atoms with Crippen molar-refractivity contribution >= 4 is 17.6 Å². The lowest BCUT2D eigenvalue weighted by Crippen LogP contribution is -2.43. The molecule has 0 aromatic heterocycles. The molecule has 1 aliphatic rings. The smallest absolute Gasteiger partial charge is 0.337 e. The highest BCUT2D eigenvalue weighted by atomic mass is 35.5. The van der Waals surface area contributed by atoms with Crippen LogP contribution in [0, 0.1) is 0 Å². The van der Waals surface area contributed by atoms with Gasteiger partial charge in [0.15, 0.2) is 0 Å². The molecule has 4 nitrogen and oxygen atoms in total. The molecule has 0 bridgehead atoms. The van der Waals surface area contributed by atoms with Gasteiger partial charge in [0.05, 0.1) is 10.6 Å². The number of hydrogen-bond donors (Lipinski definition) is 1. The average Bonchev–Trinajstić information content (AvgIpc) is 2.32.